The molecule has 132 valence electrons. The fraction of sp³-hybridized carbons (Fsp3) is 0.217. The van der Waals surface area contributed by atoms with Gasteiger partial charge in [0.2, 0.25) is 5.71 Å². The largest absolute Gasteiger partial charge is 0.437 e. The van der Waals surface area contributed by atoms with Gasteiger partial charge in [-0.3, -0.25) is 0 Å². The highest BCUT2D eigenvalue weighted by atomic mass is 32.1. The smallest absolute Gasteiger partial charge is 0.227 e. The number of fused-ring (bicyclic) bond motifs is 6. The van der Waals surface area contributed by atoms with E-state index in [1.165, 1.54) is 28.0 Å². The first-order valence-electron chi connectivity index (χ1n) is 10.7. The summed E-state index contributed by atoms with van der Waals surface area (Å²) in [5, 5.41) is 1.73. The molecule has 1 aliphatic carbocycles. The van der Waals surface area contributed by atoms with Crippen molar-refractivity contribution in [2.75, 3.05) is 0 Å². The highest BCUT2D eigenvalue weighted by molar-refractivity contribution is 7.19. The number of nitrogens with zero attached hydrogens (tertiary/aromatic N) is 2. The van der Waals surface area contributed by atoms with E-state index < -0.39 is 6.85 Å². The van der Waals surface area contributed by atoms with Gasteiger partial charge in [0.1, 0.15) is 5.58 Å². The molecule has 0 saturated heterocycles. The first-order valence-corrected chi connectivity index (χ1v) is 10.0. The molecule has 4 heteroatoms. The number of benzene rings is 1. The molecule has 0 fully saturated rings. The fourth-order valence-corrected chi connectivity index (χ4v) is 5.38. The maximum Gasteiger partial charge on any atom is 0.227 e. The Morgan fingerprint density at radius 3 is 2.93 bits per heavy atom. The van der Waals surface area contributed by atoms with E-state index in [1.807, 2.05) is 35.6 Å². The summed E-state index contributed by atoms with van der Waals surface area (Å²) in [5.74, 6) is 0. The normalized spacial score (nSPS) is 16.4. The Bertz CT molecular complexity index is 1450. The zero-order chi connectivity index (χ0) is 20.5. The second-order valence-corrected chi connectivity index (χ2v) is 8.22. The molecule has 0 spiro atoms. The van der Waals surface area contributed by atoms with Crippen LogP contribution in [0.2, 0.25) is 0 Å². The summed E-state index contributed by atoms with van der Waals surface area (Å²) < 4.78 is 30.2. The van der Waals surface area contributed by atoms with E-state index in [4.69, 9.17) is 13.5 Å². The quantitative estimate of drug-likeness (QED) is 0.339. The third kappa shape index (κ3) is 2.26. The fourth-order valence-electron chi connectivity index (χ4n) is 4.15. The summed E-state index contributed by atoms with van der Waals surface area (Å²) in [5.41, 5.74) is 5.37. The molecule has 4 heterocycles. The lowest BCUT2D eigenvalue weighted by atomic mass is 9.98. The van der Waals surface area contributed by atoms with Gasteiger partial charge < -0.3 is 4.42 Å². The molecule has 0 saturated carbocycles. The highest BCUT2D eigenvalue weighted by Crippen LogP contribution is 2.39. The highest BCUT2D eigenvalue weighted by Gasteiger charge is 2.19. The average molecular weight is 373 g/mol. The summed E-state index contributed by atoms with van der Waals surface area (Å²) in [6, 6.07) is 13.5. The van der Waals surface area contributed by atoms with E-state index in [0.717, 1.165) is 40.4 Å². The average Bonchev–Trinajstić information content (AvgIpc) is 3.30. The molecule has 1 aromatic carbocycles. The van der Waals surface area contributed by atoms with Gasteiger partial charge in [-0.2, -0.15) is 0 Å². The molecular weight excluding hydrogens is 352 g/mol. The summed E-state index contributed by atoms with van der Waals surface area (Å²) in [4.78, 5) is 10.8. The van der Waals surface area contributed by atoms with E-state index in [9.17, 15) is 0 Å². The number of thiophene rings is 1. The standard InChI is InChI=1S/C23H18N2OS/c1-13-9-10-15-14-6-4-7-16(22(14)26-23(15)24-13)18-11-12-20-21(25-18)17-5-2-3-8-19(17)27-20/h4,6-7,9-12H,2-3,5,8H2,1H3/i1D3. The molecule has 0 aliphatic heterocycles. The number of rotatable bonds is 1. The third-order valence-electron chi connectivity index (χ3n) is 5.43. The minimum Gasteiger partial charge on any atom is -0.437 e. The second-order valence-electron chi connectivity index (χ2n) is 7.09. The summed E-state index contributed by atoms with van der Waals surface area (Å²) >= 11 is 1.87. The van der Waals surface area contributed by atoms with E-state index in [2.05, 4.69) is 11.1 Å². The Morgan fingerprint density at radius 2 is 1.96 bits per heavy atom. The van der Waals surface area contributed by atoms with Crippen molar-refractivity contribution in [1.29, 1.82) is 0 Å². The van der Waals surface area contributed by atoms with Gasteiger partial charge in [-0.15, -0.1) is 11.3 Å². The summed E-state index contributed by atoms with van der Waals surface area (Å²) in [6.07, 6.45) is 4.74. The van der Waals surface area contributed by atoms with Gasteiger partial charge in [0.15, 0.2) is 0 Å². The van der Waals surface area contributed by atoms with Crippen molar-refractivity contribution >= 4 is 43.6 Å². The van der Waals surface area contributed by atoms with Crippen molar-refractivity contribution in [3.8, 4) is 11.3 Å². The van der Waals surface area contributed by atoms with Crippen LogP contribution in [0.5, 0.6) is 0 Å². The van der Waals surface area contributed by atoms with Crippen molar-refractivity contribution in [3.63, 3.8) is 0 Å². The van der Waals surface area contributed by atoms with Gasteiger partial charge >= 0.3 is 0 Å². The molecular formula is C23H18N2OS. The number of hydrogen-bond donors (Lipinski definition) is 0. The second kappa shape index (κ2) is 5.64. The molecule has 0 unspecified atom stereocenters. The number of aromatic nitrogens is 2. The Balaban J connectivity index is 1.57. The molecule has 0 amide bonds. The molecule has 0 radical (unpaired) electrons. The lowest BCUT2D eigenvalue weighted by molar-refractivity contribution is 0.653. The Hall–Kier alpha value is -2.72. The van der Waals surface area contributed by atoms with Crippen molar-refractivity contribution in [2.24, 2.45) is 0 Å². The zero-order valence-electron chi connectivity index (χ0n) is 17.6. The summed E-state index contributed by atoms with van der Waals surface area (Å²) in [7, 11) is 0. The Labute approximate surface area is 164 Å². The molecule has 1 aliphatic rings. The summed E-state index contributed by atoms with van der Waals surface area (Å²) in [6.45, 7) is -2.26. The van der Waals surface area contributed by atoms with E-state index in [1.54, 1.807) is 12.1 Å². The first-order chi connectivity index (χ1) is 14.5. The van der Waals surface area contributed by atoms with Crippen LogP contribution in [0.25, 0.3) is 43.5 Å². The minimum absolute atomic E-state index is 0.0417. The van der Waals surface area contributed by atoms with Crippen LogP contribution < -0.4 is 0 Å². The predicted molar refractivity (Wildman–Crippen MR) is 112 cm³/mol. The molecule has 6 rings (SSSR count). The van der Waals surface area contributed by atoms with Crippen LogP contribution in [0.3, 0.4) is 0 Å². The first kappa shape index (κ1) is 12.6. The Morgan fingerprint density at radius 1 is 1.00 bits per heavy atom. The SMILES string of the molecule is [2H]C([2H])([2H])c1ccc2c(n1)oc1c(-c3ccc4sc5c(c4n3)CCCC5)cccc12. The van der Waals surface area contributed by atoms with Crippen LogP contribution in [0.15, 0.2) is 46.9 Å². The topological polar surface area (TPSA) is 38.9 Å². The van der Waals surface area contributed by atoms with Crippen LogP contribution in [-0.4, -0.2) is 9.97 Å². The Kier molecular flexibility index (Phi) is 2.64. The van der Waals surface area contributed by atoms with Crippen molar-refractivity contribution in [1.82, 2.24) is 9.97 Å². The van der Waals surface area contributed by atoms with Gasteiger partial charge in [0, 0.05) is 31.0 Å². The lowest BCUT2D eigenvalue weighted by Gasteiger charge is -2.10. The number of para-hydroxylation sites is 1. The molecule has 3 nitrogen and oxygen atoms in total. The third-order valence-corrected chi connectivity index (χ3v) is 6.68. The van der Waals surface area contributed by atoms with E-state index in [-0.39, 0.29) is 5.69 Å². The van der Waals surface area contributed by atoms with E-state index in [0.29, 0.717) is 11.3 Å². The number of furan rings is 1. The van der Waals surface area contributed by atoms with Crippen molar-refractivity contribution < 1.29 is 8.53 Å². The van der Waals surface area contributed by atoms with Gasteiger partial charge in [0.25, 0.3) is 0 Å². The predicted octanol–water partition coefficient (Wildman–Crippen LogP) is 6.44. The van der Waals surface area contributed by atoms with E-state index >= 15 is 0 Å². The maximum absolute atomic E-state index is 7.62. The van der Waals surface area contributed by atoms with Crippen LogP contribution in [0, 0.1) is 6.85 Å². The molecule has 0 bridgehead atoms. The lowest BCUT2D eigenvalue weighted by Crippen LogP contribution is -1.98. The zero-order valence-corrected chi connectivity index (χ0v) is 15.4. The number of pyridine rings is 2. The van der Waals surface area contributed by atoms with Crippen LogP contribution in [0.4, 0.5) is 0 Å². The van der Waals surface area contributed by atoms with Crippen LogP contribution in [0.1, 0.15) is 33.1 Å². The maximum atomic E-state index is 7.62. The molecule has 0 N–H and O–H groups in total. The van der Waals surface area contributed by atoms with Gasteiger partial charge in [-0.05, 0) is 68.4 Å². The molecule has 5 aromatic rings. The van der Waals surface area contributed by atoms with Gasteiger partial charge in [-0.25, -0.2) is 9.97 Å². The number of hydrogen-bond acceptors (Lipinski definition) is 4. The van der Waals surface area contributed by atoms with Gasteiger partial charge in [-0.1, -0.05) is 12.1 Å². The van der Waals surface area contributed by atoms with Crippen molar-refractivity contribution in [3.05, 3.63) is 58.6 Å². The van der Waals surface area contributed by atoms with Crippen LogP contribution in [-0.2, 0) is 12.8 Å². The number of aryl methyl sites for hydroxylation is 3. The molecule has 4 aromatic heterocycles. The van der Waals surface area contributed by atoms with Gasteiger partial charge in [0.05, 0.1) is 15.9 Å². The monoisotopic (exact) mass is 373 g/mol. The minimum atomic E-state index is -2.26. The van der Waals surface area contributed by atoms with Crippen LogP contribution >= 0.6 is 11.3 Å². The molecule has 0 atom stereocenters. The van der Waals surface area contributed by atoms with Crippen molar-refractivity contribution in [2.45, 2.75) is 32.5 Å². The molecule has 27 heavy (non-hydrogen) atoms.